The molecule has 0 aliphatic carbocycles. The number of carbonyl (C=O) groups excluding carboxylic acids is 1. The number of furan rings is 1. The molecule has 1 aromatic heterocycles. The maximum Gasteiger partial charge on any atom is 0.376 e. The van der Waals surface area contributed by atoms with Crippen LogP contribution in [0.3, 0.4) is 0 Å². The molecule has 0 atom stereocenters. The zero-order valence-corrected chi connectivity index (χ0v) is 10.5. The molecule has 0 spiro atoms. The van der Waals surface area contributed by atoms with Crippen LogP contribution in [0.2, 0.25) is 5.02 Å². The molecule has 1 aromatic carbocycles. The average molecular weight is 266 g/mol. The number of nitrogen functional groups attached to an aromatic ring is 1. The Morgan fingerprint density at radius 3 is 2.83 bits per heavy atom. The molecule has 0 radical (unpaired) electrons. The van der Waals surface area contributed by atoms with Crippen LogP contribution in [0, 0.1) is 0 Å². The summed E-state index contributed by atoms with van der Waals surface area (Å²) in [6, 6.07) is 8.72. The average Bonchev–Trinajstić information content (AvgIpc) is 2.72. The van der Waals surface area contributed by atoms with Gasteiger partial charge in [-0.3, -0.25) is 0 Å². The predicted molar refractivity (Wildman–Crippen MR) is 69.5 cm³/mol. The third-order valence-electron chi connectivity index (χ3n) is 2.36. The van der Waals surface area contributed by atoms with Crippen molar-refractivity contribution < 1.29 is 13.9 Å². The summed E-state index contributed by atoms with van der Waals surface area (Å²) in [5.41, 5.74) is 6.64. The first-order chi connectivity index (χ1) is 8.63. The van der Waals surface area contributed by atoms with Gasteiger partial charge in [0.05, 0.1) is 17.3 Å². The number of benzene rings is 1. The van der Waals surface area contributed by atoms with E-state index in [9.17, 15) is 4.79 Å². The van der Waals surface area contributed by atoms with Crippen LogP contribution in [0.15, 0.2) is 34.7 Å². The van der Waals surface area contributed by atoms with Gasteiger partial charge in [-0.15, -0.1) is 0 Å². The van der Waals surface area contributed by atoms with E-state index in [1.807, 2.05) is 12.1 Å². The lowest BCUT2D eigenvalue weighted by Gasteiger charge is -2.00. The highest BCUT2D eigenvalue weighted by Gasteiger charge is 2.19. The van der Waals surface area contributed by atoms with Gasteiger partial charge in [0.25, 0.3) is 0 Å². The van der Waals surface area contributed by atoms with Crippen molar-refractivity contribution in [1.82, 2.24) is 0 Å². The molecule has 0 bridgehead atoms. The molecule has 0 fully saturated rings. The van der Waals surface area contributed by atoms with Gasteiger partial charge < -0.3 is 14.9 Å². The second kappa shape index (κ2) is 5.14. The summed E-state index contributed by atoms with van der Waals surface area (Å²) in [6.07, 6.45) is 0. The summed E-state index contributed by atoms with van der Waals surface area (Å²) in [7, 11) is 0. The fourth-order valence-corrected chi connectivity index (χ4v) is 1.78. The molecule has 2 rings (SSSR count). The van der Waals surface area contributed by atoms with Gasteiger partial charge in [-0.2, -0.15) is 0 Å². The highest BCUT2D eigenvalue weighted by atomic mass is 35.5. The topological polar surface area (TPSA) is 65.5 Å². The van der Waals surface area contributed by atoms with Crippen LogP contribution in [-0.2, 0) is 4.74 Å². The second-order valence-electron chi connectivity index (χ2n) is 3.60. The van der Waals surface area contributed by atoms with Crippen LogP contribution in [0.5, 0.6) is 0 Å². The minimum absolute atomic E-state index is 0.00627. The van der Waals surface area contributed by atoms with Gasteiger partial charge in [0, 0.05) is 11.6 Å². The lowest BCUT2D eigenvalue weighted by atomic mass is 10.2. The van der Waals surface area contributed by atoms with Crippen molar-refractivity contribution in [3.63, 3.8) is 0 Å². The van der Waals surface area contributed by atoms with Crippen molar-refractivity contribution in [3.8, 4) is 11.3 Å². The van der Waals surface area contributed by atoms with Crippen LogP contribution in [0.4, 0.5) is 5.69 Å². The van der Waals surface area contributed by atoms with E-state index in [1.54, 1.807) is 25.1 Å². The Bertz CT molecular complexity index is 577. The normalized spacial score (nSPS) is 10.3. The van der Waals surface area contributed by atoms with Crippen molar-refractivity contribution in [2.24, 2.45) is 0 Å². The number of halogens is 1. The quantitative estimate of drug-likeness (QED) is 0.864. The molecular weight excluding hydrogens is 254 g/mol. The maximum atomic E-state index is 11.6. The minimum Gasteiger partial charge on any atom is -0.460 e. The summed E-state index contributed by atoms with van der Waals surface area (Å²) in [5.74, 6) is -0.124. The number of nitrogens with two attached hydrogens (primary N) is 1. The van der Waals surface area contributed by atoms with Gasteiger partial charge in [-0.1, -0.05) is 23.7 Å². The van der Waals surface area contributed by atoms with E-state index >= 15 is 0 Å². The summed E-state index contributed by atoms with van der Waals surface area (Å²) >= 11 is 6.04. The molecule has 5 heteroatoms. The lowest BCUT2D eigenvalue weighted by molar-refractivity contribution is 0.0493. The van der Waals surface area contributed by atoms with Crippen LogP contribution in [0.1, 0.15) is 17.5 Å². The van der Waals surface area contributed by atoms with Crippen molar-refractivity contribution in [2.45, 2.75) is 6.92 Å². The van der Waals surface area contributed by atoms with Gasteiger partial charge in [0.15, 0.2) is 0 Å². The number of hydrogen-bond acceptors (Lipinski definition) is 4. The maximum absolute atomic E-state index is 11.6. The molecule has 0 aliphatic heterocycles. The Morgan fingerprint density at radius 1 is 1.44 bits per heavy atom. The molecule has 4 nitrogen and oxygen atoms in total. The number of rotatable bonds is 3. The Hall–Kier alpha value is -1.94. The van der Waals surface area contributed by atoms with Gasteiger partial charge in [0.2, 0.25) is 5.76 Å². The lowest BCUT2D eigenvalue weighted by Crippen LogP contribution is -2.05. The summed E-state index contributed by atoms with van der Waals surface area (Å²) in [5, 5.41) is 0.529. The Balaban J connectivity index is 2.41. The molecule has 2 N–H and O–H groups in total. The van der Waals surface area contributed by atoms with Crippen molar-refractivity contribution in [1.29, 1.82) is 0 Å². The molecule has 0 amide bonds. The van der Waals surface area contributed by atoms with E-state index in [4.69, 9.17) is 26.5 Å². The third-order valence-corrected chi connectivity index (χ3v) is 2.69. The zero-order valence-electron chi connectivity index (χ0n) is 9.77. The largest absolute Gasteiger partial charge is 0.460 e. The monoisotopic (exact) mass is 265 g/mol. The third kappa shape index (κ3) is 2.33. The summed E-state index contributed by atoms with van der Waals surface area (Å²) < 4.78 is 10.3. The number of esters is 1. The first-order valence-corrected chi connectivity index (χ1v) is 5.82. The van der Waals surface area contributed by atoms with Crippen LogP contribution in [-0.4, -0.2) is 12.6 Å². The number of ether oxygens (including phenoxy) is 1. The molecule has 0 unspecified atom stereocenters. The Kier molecular flexibility index (Phi) is 3.58. The highest BCUT2D eigenvalue weighted by Crippen LogP contribution is 2.32. The smallest absolute Gasteiger partial charge is 0.376 e. The molecule has 0 aliphatic rings. The molecule has 0 saturated heterocycles. The highest BCUT2D eigenvalue weighted by molar-refractivity contribution is 6.33. The van der Waals surface area contributed by atoms with Crippen molar-refractivity contribution in [3.05, 3.63) is 41.1 Å². The summed E-state index contributed by atoms with van der Waals surface area (Å²) in [6.45, 7) is 1.98. The van der Waals surface area contributed by atoms with Crippen LogP contribution < -0.4 is 5.73 Å². The van der Waals surface area contributed by atoms with E-state index in [0.717, 1.165) is 0 Å². The van der Waals surface area contributed by atoms with Gasteiger partial charge in [0.1, 0.15) is 5.76 Å². The fraction of sp³-hybridized carbons (Fsp3) is 0.154. The first-order valence-electron chi connectivity index (χ1n) is 5.44. The fourth-order valence-electron chi connectivity index (χ4n) is 1.56. The van der Waals surface area contributed by atoms with Gasteiger partial charge in [-0.25, -0.2) is 4.79 Å². The zero-order chi connectivity index (χ0) is 13.1. The molecule has 18 heavy (non-hydrogen) atoms. The molecule has 0 saturated carbocycles. The number of anilines is 1. The molecular formula is C13H12ClNO3. The number of hydrogen-bond donors (Lipinski definition) is 1. The summed E-state index contributed by atoms with van der Waals surface area (Å²) in [4.78, 5) is 11.6. The van der Waals surface area contributed by atoms with Crippen molar-refractivity contribution in [2.75, 3.05) is 12.3 Å². The standard InChI is InChI=1S/C13H12ClNO3/c1-2-17-13(16)12-10(15)7-11(18-12)8-5-3-4-6-9(8)14/h3-7H,2,15H2,1H3. The first kappa shape index (κ1) is 12.5. The Labute approximate surface area is 109 Å². The van der Waals surface area contributed by atoms with E-state index in [1.165, 1.54) is 0 Å². The van der Waals surface area contributed by atoms with E-state index in [2.05, 4.69) is 0 Å². The molecule has 94 valence electrons. The van der Waals surface area contributed by atoms with E-state index in [0.29, 0.717) is 16.3 Å². The molecule has 1 heterocycles. The minimum atomic E-state index is -0.576. The van der Waals surface area contributed by atoms with Crippen LogP contribution >= 0.6 is 11.6 Å². The second-order valence-corrected chi connectivity index (χ2v) is 4.00. The molecule has 2 aromatic rings. The number of carbonyl (C=O) groups is 1. The van der Waals surface area contributed by atoms with Gasteiger partial charge in [-0.05, 0) is 19.1 Å². The van der Waals surface area contributed by atoms with E-state index < -0.39 is 5.97 Å². The van der Waals surface area contributed by atoms with Crippen LogP contribution in [0.25, 0.3) is 11.3 Å². The SMILES string of the molecule is CCOC(=O)c1oc(-c2ccccc2Cl)cc1N. The van der Waals surface area contributed by atoms with Gasteiger partial charge >= 0.3 is 5.97 Å². The predicted octanol–water partition coefficient (Wildman–Crippen LogP) is 3.36. The van der Waals surface area contributed by atoms with Crippen molar-refractivity contribution >= 4 is 23.3 Å². The van der Waals surface area contributed by atoms with E-state index in [-0.39, 0.29) is 18.1 Å². The Morgan fingerprint density at radius 2 is 2.17 bits per heavy atom.